The van der Waals surface area contributed by atoms with E-state index < -0.39 is 0 Å². The Labute approximate surface area is 107 Å². The molecule has 1 saturated heterocycles. The maximum Gasteiger partial charge on any atom is 0.225 e. The van der Waals surface area contributed by atoms with E-state index in [1.54, 1.807) is 11.3 Å². The Bertz CT molecular complexity index is 381. The minimum Gasteiger partial charge on any atom is -0.342 e. The van der Waals surface area contributed by atoms with Crippen molar-refractivity contribution in [3.8, 4) is 0 Å². The smallest absolute Gasteiger partial charge is 0.225 e. The maximum absolute atomic E-state index is 12.3. The lowest BCUT2D eigenvalue weighted by Gasteiger charge is -2.20. The zero-order valence-corrected chi connectivity index (χ0v) is 10.9. The lowest BCUT2D eigenvalue weighted by Crippen LogP contribution is -2.33. The fourth-order valence-corrected chi connectivity index (χ4v) is 3.91. The van der Waals surface area contributed by atoms with Crippen molar-refractivity contribution in [1.82, 2.24) is 4.90 Å². The topological polar surface area (TPSA) is 20.3 Å². The number of thiophene rings is 1. The van der Waals surface area contributed by atoms with Crippen LogP contribution in [0.15, 0.2) is 16.8 Å². The molecule has 2 aliphatic rings. The van der Waals surface area contributed by atoms with Gasteiger partial charge in [-0.25, -0.2) is 0 Å². The summed E-state index contributed by atoms with van der Waals surface area (Å²) in [6, 6.07) is 2.21. The molecular weight excluding hydrogens is 230 g/mol. The molecule has 92 valence electrons. The average molecular weight is 249 g/mol. The lowest BCUT2D eigenvalue weighted by atomic mass is 10.0. The third-order valence-electron chi connectivity index (χ3n) is 4.22. The van der Waals surface area contributed by atoms with Crippen molar-refractivity contribution in [1.29, 1.82) is 0 Å². The molecule has 1 aliphatic heterocycles. The Morgan fingerprint density at radius 1 is 1.29 bits per heavy atom. The molecule has 1 saturated carbocycles. The van der Waals surface area contributed by atoms with Crippen molar-refractivity contribution in [2.75, 3.05) is 13.1 Å². The first-order valence-corrected chi connectivity index (χ1v) is 7.60. The Balaban J connectivity index is 1.62. The van der Waals surface area contributed by atoms with E-state index >= 15 is 0 Å². The molecule has 2 heterocycles. The third kappa shape index (κ3) is 2.25. The highest BCUT2D eigenvalue weighted by Crippen LogP contribution is 2.32. The van der Waals surface area contributed by atoms with Crippen LogP contribution in [0.3, 0.4) is 0 Å². The first-order chi connectivity index (χ1) is 8.34. The van der Waals surface area contributed by atoms with E-state index in [0.717, 1.165) is 32.4 Å². The summed E-state index contributed by atoms with van der Waals surface area (Å²) in [5, 5.41) is 4.37. The Morgan fingerprint density at radius 2 is 2.12 bits per heavy atom. The van der Waals surface area contributed by atoms with Gasteiger partial charge < -0.3 is 4.90 Å². The monoisotopic (exact) mass is 249 g/mol. The van der Waals surface area contributed by atoms with Crippen LogP contribution in [0.1, 0.15) is 43.6 Å². The number of carbonyl (C=O) groups excluding carboxylic acids is 1. The van der Waals surface area contributed by atoms with E-state index in [1.165, 1.54) is 18.4 Å². The van der Waals surface area contributed by atoms with Crippen LogP contribution in [-0.2, 0) is 4.79 Å². The van der Waals surface area contributed by atoms with Crippen molar-refractivity contribution in [3.63, 3.8) is 0 Å². The van der Waals surface area contributed by atoms with Gasteiger partial charge >= 0.3 is 0 Å². The number of nitrogens with zero attached hydrogens (tertiary/aromatic N) is 1. The summed E-state index contributed by atoms with van der Waals surface area (Å²) in [6.07, 6.45) is 5.89. The molecule has 1 atom stereocenters. The highest BCUT2D eigenvalue weighted by Gasteiger charge is 2.32. The number of hydrogen-bond acceptors (Lipinski definition) is 2. The largest absolute Gasteiger partial charge is 0.342 e. The number of likely N-dealkylation sites (tertiary alicyclic amines) is 1. The summed E-state index contributed by atoms with van der Waals surface area (Å²) in [5.41, 5.74) is 1.43. The molecule has 0 N–H and O–H groups in total. The van der Waals surface area contributed by atoms with Gasteiger partial charge in [0.25, 0.3) is 0 Å². The zero-order chi connectivity index (χ0) is 11.7. The average Bonchev–Trinajstić information content (AvgIpc) is 3.09. The maximum atomic E-state index is 12.3. The third-order valence-corrected chi connectivity index (χ3v) is 4.92. The minimum absolute atomic E-state index is 0.344. The SMILES string of the molecule is O=C(C1CCCC1)N1CCC(c2ccsc2)C1. The summed E-state index contributed by atoms with van der Waals surface area (Å²) >= 11 is 1.76. The van der Waals surface area contributed by atoms with Crippen molar-refractivity contribution in [3.05, 3.63) is 22.4 Å². The molecule has 1 unspecified atom stereocenters. The van der Waals surface area contributed by atoms with Gasteiger partial charge in [0.2, 0.25) is 5.91 Å². The van der Waals surface area contributed by atoms with Crippen LogP contribution in [-0.4, -0.2) is 23.9 Å². The van der Waals surface area contributed by atoms with Crippen LogP contribution >= 0.6 is 11.3 Å². The second-order valence-corrected chi connectivity index (χ2v) is 6.09. The van der Waals surface area contributed by atoms with Crippen molar-refractivity contribution < 1.29 is 4.79 Å². The molecule has 0 radical (unpaired) electrons. The molecule has 3 rings (SSSR count). The van der Waals surface area contributed by atoms with E-state index in [1.807, 2.05) is 0 Å². The molecule has 0 aromatic carbocycles. The van der Waals surface area contributed by atoms with Crippen LogP contribution < -0.4 is 0 Å². The quantitative estimate of drug-likeness (QED) is 0.788. The van der Waals surface area contributed by atoms with Gasteiger partial charge in [-0.15, -0.1) is 0 Å². The molecule has 3 heteroatoms. The van der Waals surface area contributed by atoms with E-state index in [4.69, 9.17) is 0 Å². The van der Waals surface area contributed by atoms with Crippen LogP contribution in [0, 0.1) is 5.92 Å². The summed E-state index contributed by atoms with van der Waals surface area (Å²) in [6.45, 7) is 1.92. The highest BCUT2D eigenvalue weighted by atomic mass is 32.1. The van der Waals surface area contributed by atoms with Gasteiger partial charge in [0, 0.05) is 24.9 Å². The summed E-state index contributed by atoms with van der Waals surface area (Å²) in [5.74, 6) is 1.36. The second kappa shape index (κ2) is 4.81. The molecule has 1 aliphatic carbocycles. The van der Waals surface area contributed by atoms with Gasteiger partial charge in [-0.1, -0.05) is 12.8 Å². The molecule has 0 spiro atoms. The summed E-state index contributed by atoms with van der Waals surface area (Å²) in [4.78, 5) is 14.4. The van der Waals surface area contributed by atoms with E-state index in [9.17, 15) is 4.79 Å². The number of hydrogen-bond donors (Lipinski definition) is 0. The van der Waals surface area contributed by atoms with Crippen molar-refractivity contribution in [2.45, 2.75) is 38.0 Å². The molecular formula is C14H19NOS. The molecule has 2 fully saturated rings. The van der Waals surface area contributed by atoms with Gasteiger partial charge in [-0.05, 0) is 41.7 Å². The van der Waals surface area contributed by atoms with Crippen LogP contribution in [0.2, 0.25) is 0 Å². The minimum atomic E-state index is 0.344. The van der Waals surface area contributed by atoms with Crippen molar-refractivity contribution in [2.24, 2.45) is 5.92 Å². The Morgan fingerprint density at radius 3 is 2.82 bits per heavy atom. The molecule has 1 aromatic heterocycles. The number of amides is 1. The van der Waals surface area contributed by atoms with Crippen LogP contribution in [0.25, 0.3) is 0 Å². The molecule has 0 bridgehead atoms. The zero-order valence-electron chi connectivity index (χ0n) is 10.1. The fourth-order valence-electron chi connectivity index (χ4n) is 3.17. The first kappa shape index (κ1) is 11.3. The number of rotatable bonds is 2. The van der Waals surface area contributed by atoms with Crippen LogP contribution in [0.4, 0.5) is 0 Å². The highest BCUT2D eigenvalue weighted by molar-refractivity contribution is 7.07. The van der Waals surface area contributed by atoms with Gasteiger partial charge in [0.05, 0.1) is 0 Å². The van der Waals surface area contributed by atoms with E-state index in [-0.39, 0.29) is 0 Å². The molecule has 1 amide bonds. The van der Waals surface area contributed by atoms with Gasteiger partial charge in [-0.3, -0.25) is 4.79 Å². The predicted molar refractivity (Wildman–Crippen MR) is 70.2 cm³/mol. The summed E-state index contributed by atoms with van der Waals surface area (Å²) in [7, 11) is 0. The van der Waals surface area contributed by atoms with E-state index in [0.29, 0.717) is 17.7 Å². The van der Waals surface area contributed by atoms with Crippen LogP contribution in [0.5, 0.6) is 0 Å². The second-order valence-electron chi connectivity index (χ2n) is 5.31. The molecule has 17 heavy (non-hydrogen) atoms. The van der Waals surface area contributed by atoms with Gasteiger partial charge in [0.1, 0.15) is 0 Å². The standard InChI is InChI=1S/C14H19NOS/c16-14(11-3-1-2-4-11)15-7-5-12(9-15)13-6-8-17-10-13/h6,8,10-12H,1-5,7,9H2. The number of carbonyl (C=O) groups is 1. The Hall–Kier alpha value is -0.830. The van der Waals surface area contributed by atoms with Crippen molar-refractivity contribution >= 4 is 17.2 Å². The first-order valence-electron chi connectivity index (χ1n) is 6.65. The van der Waals surface area contributed by atoms with Gasteiger partial charge in [-0.2, -0.15) is 11.3 Å². The summed E-state index contributed by atoms with van der Waals surface area (Å²) < 4.78 is 0. The molecule has 1 aromatic rings. The fraction of sp³-hybridized carbons (Fsp3) is 0.643. The Kier molecular flexibility index (Phi) is 3.19. The predicted octanol–water partition coefficient (Wildman–Crippen LogP) is 3.25. The normalized spacial score (nSPS) is 25.6. The lowest BCUT2D eigenvalue weighted by molar-refractivity contribution is -0.134. The van der Waals surface area contributed by atoms with Gasteiger partial charge in [0.15, 0.2) is 0 Å². The molecule has 2 nitrogen and oxygen atoms in total. The van der Waals surface area contributed by atoms with E-state index in [2.05, 4.69) is 21.7 Å².